The Morgan fingerprint density at radius 1 is 0.955 bits per heavy atom. The molecule has 0 aliphatic rings. The van der Waals surface area contributed by atoms with Crippen molar-refractivity contribution in [3.8, 4) is 11.5 Å². The highest BCUT2D eigenvalue weighted by Crippen LogP contribution is 2.40. The fourth-order valence-corrected chi connectivity index (χ4v) is 5.27. The van der Waals surface area contributed by atoms with Gasteiger partial charge in [0.15, 0.2) is 11.5 Å². The first kappa shape index (κ1) is 39.3. The van der Waals surface area contributed by atoms with Crippen LogP contribution < -0.4 is 26.3 Å². The Kier molecular flexibility index (Phi) is 16.4. The number of benzene rings is 1. The van der Waals surface area contributed by atoms with E-state index in [1.165, 1.54) is 0 Å². The molecule has 0 bridgehead atoms. The van der Waals surface area contributed by atoms with E-state index in [2.05, 4.69) is 19.2 Å². The Morgan fingerprint density at radius 2 is 1.59 bits per heavy atom. The Hall–Kier alpha value is -2.69. The van der Waals surface area contributed by atoms with E-state index in [1.54, 1.807) is 28.1 Å². The maximum absolute atomic E-state index is 13.8. The average molecular weight is 622 g/mol. The van der Waals surface area contributed by atoms with Gasteiger partial charge in [0.1, 0.15) is 5.78 Å². The van der Waals surface area contributed by atoms with Crippen molar-refractivity contribution in [2.24, 2.45) is 46.5 Å². The number of ketones is 1. The lowest BCUT2D eigenvalue weighted by Gasteiger charge is -2.35. The third kappa shape index (κ3) is 11.7. The largest absolute Gasteiger partial charge is 0.493 e. The molecular formula is C34H59N3O7. The van der Waals surface area contributed by atoms with Crippen molar-refractivity contribution in [2.75, 3.05) is 34.0 Å². The molecule has 1 aromatic rings. The topological polar surface area (TPSA) is 163 Å². The molecule has 0 heterocycles. The summed E-state index contributed by atoms with van der Waals surface area (Å²) in [5.41, 5.74) is 12.0. The average Bonchev–Trinajstić information content (AvgIpc) is 2.95. The third-order valence-corrected chi connectivity index (χ3v) is 8.50. The molecule has 6 N–H and O–H groups in total. The molecule has 44 heavy (non-hydrogen) atoms. The lowest BCUT2D eigenvalue weighted by molar-refractivity contribution is -0.130. The minimum atomic E-state index is -0.983. The lowest BCUT2D eigenvalue weighted by atomic mass is 9.71. The van der Waals surface area contributed by atoms with Gasteiger partial charge in [0.2, 0.25) is 11.8 Å². The number of nitrogens with two attached hydrogens (primary N) is 2. The van der Waals surface area contributed by atoms with Crippen LogP contribution in [0, 0.1) is 35.0 Å². The van der Waals surface area contributed by atoms with Gasteiger partial charge in [-0.25, -0.2) is 0 Å². The zero-order valence-corrected chi connectivity index (χ0v) is 28.6. The third-order valence-electron chi connectivity index (χ3n) is 8.50. The summed E-state index contributed by atoms with van der Waals surface area (Å²) in [4.78, 5) is 38.6. The van der Waals surface area contributed by atoms with E-state index in [1.807, 2.05) is 45.9 Å². The summed E-state index contributed by atoms with van der Waals surface area (Å²) in [5.74, 6) is -0.991. The molecule has 0 fully saturated rings. The molecule has 0 saturated carbocycles. The van der Waals surface area contributed by atoms with Crippen molar-refractivity contribution >= 4 is 17.6 Å². The van der Waals surface area contributed by atoms with Crippen LogP contribution in [0.5, 0.6) is 11.5 Å². The number of carbonyl (C=O) groups is 3. The standard InChI is InChI=1S/C34H59N3O7/c1-20(2)24(17-26(35)27(38)18-25(21(3)4)32(40)37-19-34(7,8)33(36)41)30(31(39)22(5)6)23-12-13-28(43-10)29(16-23)44-15-11-14-42-9/h12-13,16,20-22,24-27,30,38H,11,14-15,17-19,35H2,1-10H3,(H2,36,41)(H,37,40). The van der Waals surface area contributed by atoms with Gasteiger partial charge in [-0.2, -0.15) is 0 Å². The Bertz CT molecular complexity index is 1060. The summed E-state index contributed by atoms with van der Waals surface area (Å²) >= 11 is 0. The fraction of sp³-hybridized carbons (Fsp3) is 0.735. The number of carbonyl (C=O) groups excluding carboxylic acids is 3. The molecule has 0 aliphatic heterocycles. The maximum atomic E-state index is 13.8. The minimum absolute atomic E-state index is 0.0642. The van der Waals surface area contributed by atoms with Gasteiger partial charge in [-0.1, -0.05) is 47.6 Å². The van der Waals surface area contributed by atoms with Gasteiger partial charge in [0, 0.05) is 50.5 Å². The first-order valence-electron chi connectivity index (χ1n) is 15.8. The molecule has 10 nitrogen and oxygen atoms in total. The van der Waals surface area contributed by atoms with Crippen molar-refractivity contribution in [1.29, 1.82) is 0 Å². The van der Waals surface area contributed by atoms with Crippen LogP contribution in [0.1, 0.15) is 86.1 Å². The second-order valence-corrected chi connectivity index (χ2v) is 13.6. The number of ether oxygens (including phenoxy) is 3. The molecule has 0 spiro atoms. The van der Waals surface area contributed by atoms with Gasteiger partial charge in [-0.05, 0) is 62.1 Å². The molecule has 0 radical (unpaired) electrons. The van der Waals surface area contributed by atoms with E-state index in [4.69, 9.17) is 25.7 Å². The van der Waals surface area contributed by atoms with Crippen molar-refractivity contribution in [3.05, 3.63) is 23.8 Å². The predicted octanol–water partition coefficient (Wildman–Crippen LogP) is 4.06. The first-order valence-corrected chi connectivity index (χ1v) is 15.8. The van der Waals surface area contributed by atoms with Crippen LogP contribution in [0.4, 0.5) is 0 Å². The number of primary amides is 1. The molecule has 10 heteroatoms. The highest BCUT2D eigenvalue weighted by atomic mass is 16.5. The highest BCUT2D eigenvalue weighted by Gasteiger charge is 2.37. The summed E-state index contributed by atoms with van der Waals surface area (Å²) in [6.07, 6.45) is 0.248. The SMILES string of the molecule is COCCCOc1cc(C(C(=O)C(C)C)C(CC(N)C(O)CC(C(=O)NCC(C)(C)C(N)=O)C(C)C)C(C)C)ccc1OC. The molecule has 1 rings (SSSR count). The van der Waals surface area contributed by atoms with Crippen LogP contribution in [-0.2, 0) is 19.1 Å². The number of amides is 2. The number of aliphatic hydroxyl groups excluding tert-OH is 1. The van der Waals surface area contributed by atoms with Crippen LogP contribution in [0.25, 0.3) is 0 Å². The molecular weight excluding hydrogens is 562 g/mol. The Morgan fingerprint density at radius 3 is 2.09 bits per heavy atom. The quantitative estimate of drug-likeness (QED) is 0.149. The maximum Gasteiger partial charge on any atom is 0.224 e. The smallest absolute Gasteiger partial charge is 0.224 e. The first-order chi connectivity index (χ1) is 20.5. The zero-order valence-electron chi connectivity index (χ0n) is 28.6. The van der Waals surface area contributed by atoms with Crippen molar-refractivity contribution < 1.29 is 33.7 Å². The van der Waals surface area contributed by atoms with Crippen molar-refractivity contribution in [2.45, 2.75) is 92.7 Å². The summed E-state index contributed by atoms with van der Waals surface area (Å²) < 4.78 is 16.7. The fourth-order valence-electron chi connectivity index (χ4n) is 5.27. The molecule has 2 amide bonds. The van der Waals surface area contributed by atoms with E-state index < -0.39 is 35.3 Å². The van der Waals surface area contributed by atoms with Crippen LogP contribution in [0.3, 0.4) is 0 Å². The van der Waals surface area contributed by atoms with Crippen LogP contribution in [-0.4, -0.2) is 68.8 Å². The highest BCUT2D eigenvalue weighted by molar-refractivity contribution is 5.88. The van der Waals surface area contributed by atoms with E-state index in [9.17, 15) is 19.5 Å². The molecule has 5 unspecified atom stereocenters. The number of hydrogen-bond donors (Lipinski definition) is 4. The van der Waals surface area contributed by atoms with E-state index in [-0.39, 0.29) is 48.3 Å². The van der Waals surface area contributed by atoms with Crippen molar-refractivity contribution in [3.63, 3.8) is 0 Å². The van der Waals surface area contributed by atoms with Gasteiger partial charge in [0.05, 0.1) is 25.2 Å². The lowest BCUT2D eigenvalue weighted by Crippen LogP contribution is -2.47. The van der Waals surface area contributed by atoms with E-state index in [0.717, 1.165) is 5.56 Å². The van der Waals surface area contributed by atoms with Gasteiger partial charge in [-0.3, -0.25) is 14.4 Å². The van der Waals surface area contributed by atoms with Gasteiger partial charge >= 0.3 is 0 Å². The van der Waals surface area contributed by atoms with Crippen LogP contribution >= 0.6 is 0 Å². The number of aliphatic hydroxyl groups is 1. The zero-order chi connectivity index (χ0) is 33.8. The number of hydrogen-bond acceptors (Lipinski definition) is 8. The second-order valence-electron chi connectivity index (χ2n) is 13.6. The Labute approximate surface area is 264 Å². The summed E-state index contributed by atoms with van der Waals surface area (Å²) in [6, 6.07) is 4.92. The molecule has 0 saturated heterocycles. The number of nitrogens with one attached hydrogen (secondary N) is 1. The second kappa shape index (κ2) is 18.3. The van der Waals surface area contributed by atoms with Crippen LogP contribution in [0.15, 0.2) is 18.2 Å². The summed E-state index contributed by atoms with van der Waals surface area (Å²) in [5, 5.41) is 14.1. The number of rotatable bonds is 21. The van der Waals surface area contributed by atoms with E-state index >= 15 is 0 Å². The van der Waals surface area contributed by atoms with Gasteiger partial charge in [-0.15, -0.1) is 0 Å². The molecule has 5 atom stereocenters. The normalized spacial score (nSPS) is 15.5. The minimum Gasteiger partial charge on any atom is -0.493 e. The van der Waals surface area contributed by atoms with Crippen LogP contribution in [0.2, 0.25) is 0 Å². The number of methoxy groups -OCH3 is 2. The van der Waals surface area contributed by atoms with E-state index in [0.29, 0.717) is 37.6 Å². The molecule has 0 aromatic heterocycles. The molecule has 1 aromatic carbocycles. The van der Waals surface area contributed by atoms with Gasteiger partial charge in [0.25, 0.3) is 0 Å². The molecule has 0 aliphatic carbocycles. The monoisotopic (exact) mass is 621 g/mol. The predicted molar refractivity (Wildman–Crippen MR) is 173 cm³/mol. The summed E-state index contributed by atoms with van der Waals surface area (Å²) in [6.45, 7) is 16.2. The molecule has 252 valence electrons. The summed E-state index contributed by atoms with van der Waals surface area (Å²) in [7, 11) is 3.22. The van der Waals surface area contributed by atoms with Gasteiger partial charge < -0.3 is 36.1 Å². The Balaban J connectivity index is 3.27. The van der Waals surface area contributed by atoms with Crippen molar-refractivity contribution in [1.82, 2.24) is 5.32 Å². The number of Topliss-reactive ketones (excluding diaryl/α,β-unsaturated/α-hetero) is 1.